The average molecular weight is 385 g/mol. The number of anilines is 1. The highest BCUT2D eigenvalue weighted by Crippen LogP contribution is 2.36. The van der Waals surface area contributed by atoms with Crippen molar-refractivity contribution in [2.45, 2.75) is 38.5 Å². The van der Waals surface area contributed by atoms with Gasteiger partial charge in [-0.3, -0.25) is 9.59 Å². The van der Waals surface area contributed by atoms with Crippen molar-refractivity contribution in [1.82, 2.24) is 0 Å². The summed E-state index contributed by atoms with van der Waals surface area (Å²) in [5.41, 5.74) is 8.03. The lowest BCUT2D eigenvalue weighted by Crippen LogP contribution is -2.17. The lowest BCUT2D eigenvalue weighted by atomic mass is 9.96. The average Bonchev–Trinajstić information content (AvgIpc) is 2.96. The lowest BCUT2D eigenvalue weighted by Gasteiger charge is -2.10. The molecule has 142 valence electrons. The maximum absolute atomic E-state index is 12.4. The number of nitrogens with two attached hydrogens (primary N) is 1. The fourth-order valence-corrected chi connectivity index (χ4v) is 4.61. The number of rotatable bonds is 5. The van der Waals surface area contributed by atoms with Crippen LogP contribution in [0.15, 0.2) is 30.3 Å². The molecule has 3 rings (SSSR count). The maximum atomic E-state index is 12.4. The van der Waals surface area contributed by atoms with Crippen LogP contribution in [0.25, 0.3) is 6.08 Å². The Hall–Kier alpha value is -2.60. The van der Waals surface area contributed by atoms with Crippen molar-refractivity contribution >= 4 is 34.2 Å². The molecule has 27 heavy (non-hydrogen) atoms. The number of primary amides is 1. The third-order valence-corrected chi connectivity index (χ3v) is 5.90. The van der Waals surface area contributed by atoms with Crippen molar-refractivity contribution < 1.29 is 14.3 Å². The van der Waals surface area contributed by atoms with E-state index in [2.05, 4.69) is 5.32 Å². The van der Waals surface area contributed by atoms with Crippen molar-refractivity contribution in [2.75, 3.05) is 12.4 Å². The highest BCUT2D eigenvalue weighted by atomic mass is 32.1. The standard InChI is InChI=1S/C21H24N2O3S/c1-26-15-11-8-14(9-12-15)10-13-18(24)23-21-19(20(22)25)16-6-4-2-3-5-7-17(16)27-21/h8-13H,2-7H2,1H3,(H2,22,25)(H,23,24)/b13-10-. The Balaban J connectivity index is 1.77. The van der Waals surface area contributed by atoms with Crippen LogP contribution in [0.1, 0.15) is 52.0 Å². The zero-order chi connectivity index (χ0) is 19.2. The number of benzene rings is 1. The van der Waals surface area contributed by atoms with Gasteiger partial charge >= 0.3 is 0 Å². The quantitative estimate of drug-likeness (QED) is 0.759. The molecule has 1 aromatic heterocycles. The third-order valence-electron chi connectivity index (χ3n) is 4.70. The van der Waals surface area contributed by atoms with E-state index in [1.165, 1.54) is 35.1 Å². The minimum atomic E-state index is -0.470. The second-order valence-corrected chi connectivity index (χ2v) is 7.69. The molecule has 0 radical (unpaired) electrons. The van der Waals surface area contributed by atoms with Gasteiger partial charge in [-0.2, -0.15) is 0 Å². The van der Waals surface area contributed by atoms with Gasteiger partial charge in [-0.15, -0.1) is 11.3 Å². The molecule has 1 aliphatic rings. The van der Waals surface area contributed by atoms with Crippen LogP contribution in [0.5, 0.6) is 5.75 Å². The summed E-state index contributed by atoms with van der Waals surface area (Å²) >= 11 is 1.48. The molecule has 0 unspecified atom stereocenters. The van der Waals surface area contributed by atoms with E-state index in [0.717, 1.165) is 42.6 Å². The van der Waals surface area contributed by atoms with Crippen LogP contribution < -0.4 is 15.8 Å². The summed E-state index contributed by atoms with van der Waals surface area (Å²) in [6, 6.07) is 7.41. The number of fused-ring (bicyclic) bond motifs is 1. The Kier molecular flexibility index (Phi) is 6.29. The van der Waals surface area contributed by atoms with Crippen molar-refractivity contribution in [3.05, 3.63) is 51.9 Å². The summed E-state index contributed by atoms with van der Waals surface area (Å²) in [4.78, 5) is 25.6. The number of carbonyl (C=O) groups excluding carboxylic acids is 2. The van der Waals surface area contributed by atoms with E-state index >= 15 is 0 Å². The van der Waals surface area contributed by atoms with E-state index in [4.69, 9.17) is 10.5 Å². The first-order chi connectivity index (χ1) is 13.1. The van der Waals surface area contributed by atoms with E-state index in [0.29, 0.717) is 10.6 Å². The van der Waals surface area contributed by atoms with Crippen LogP contribution in [0.3, 0.4) is 0 Å². The number of nitrogens with one attached hydrogen (secondary N) is 1. The monoisotopic (exact) mass is 384 g/mol. The molecule has 0 aliphatic heterocycles. The molecule has 6 heteroatoms. The van der Waals surface area contributed by atoms with Crippen LogP contribution in [0.2, 0.25) is 0 Å². The van der Waals surface area contributed by atoms with Gasteiger partial charge in [-0.05, 0) is 55.0 Å². The molecular formula is C21H24N2O3S. The predicted octanol–water partition coefficient (Wildman–Crippen LogP) is 4.17. The van der Waals surface area contributed by atoms with Crippen molar-refractivity contribution in [2.24, 2.45) is 5.73 Å². The molecule has 5 nitrogen and oxygen atoms in total. The molecule has 2 amide bonds. The van der Waals surface area contributed by atoms with Gasteiger partial charge in [-0.1, -0.05) is 25.0 Å². The van der Waals surface area contributed by atoms with Gasteiger partial charge in [0.1, 0.15) is 10.8 Å². The number of hydrogen-bond donors (Lipinski definition) is 2. The fraction of sp³-hybridized carbons (Fsp3) is 0.333. The third kappa shape index (κ3) is 4.77. The Morgan fingerprint density at radius 2 is 1.81 bits per heavy atom. The van der Waals surface area contributed by atoms with E-state index in [1.807, 2.05) is 24.3 Å². The molecule has 1 heterocycles. The van der Waals surface area contributed by atoms with Gasteiger partial charge in [-0.25, -0.2) is 0 Å². The number of aryl methyl sites for hydroxylation is 1. The van der Waals surface area contributed by atoms with E-state index in [-0.39, 0.29) is 5.91 Å². The zero-order valence-corrected chi connectivity index (χ0v) is 16.2. The summed E-state index contributed by atoms with van der Waals surface area (Å²) in [5.74, 6) is 0.0174. The first-order valence-electron chi connectivity index (χ1n) is 9.16. The van der Waals surface area contributed by atoms with Gasteiger partial charge < -0.3 is 15.8 Å². The number of hydrogen-bond acceptors (Lipinski definition) is 4. The Labute approximate surface area is 163 Å². The summed E-state index contributed by atoms with van der Waals surface area (Å²) in [7, 11) is 1.61. The lowest BCUT2D eigenvalue weighted by molar-refractivity contribution is -0.111. The molecule has 3 N–H and O–H groups in total. The Morgan fingerprint density at radius 1 is 1.11 bits per heavy atom. The van der Waals surface area contributed by atoms with E-state index < -0.39 is 5.91 Å². The van der Waals surface area contributed by atoms with Crippen molar-refractivity contribution in [3.63, 3.8) is 0 Å². The van der Waals surface area contributed by atoms with Crippen LogP contribution in [-0.4, -0.2) is 18.9 Å². The molecule has 0 fully saturated rings. The van der Waals surface area contributed by atoms with Crippen LogP contribution in [-0.2, 0) is 17.6 Å². The van der Waals surface area contributed by atoms with E-state index in [1.54, 1.807) is 13.2 Å². The number of thiophene rings is 1. The van der Waals surface area contributed by atoms with Gasteiger partial charge in [0, 0.05) is 11.0 Å². The summed E-state index contributed by atoms with van der Waals surface area (Å²) in [6.45, 7) is 0. The summed E-state index contributed by atoms with van der Waals surface area (Å²) in [5, 5.41) is 3.42. The van der Waals surface area contributed by atoms with Gasteiger partial charge in [0.15, 0.2) is 0 Å². The second-order valence-electron chi connectivity index (χ2n) is 6.58. The molecule has 1 aliphatic carbocycles. The first kappa shape index (κ1) is 19.2. The molecule has 2 aromatic rings. The SMILES string of the molecule is COc1ccc(/C=C\C(=O)Nc2sc3c(c2C(N)=O)CCCCCC3)cc1. The first-order valence-corrected chi connectivity index (χ1v) is 9.97. The van der Waals surface area contributed by atoms with Gasteiger partial charge in [0.25, 0.3) is 5.91 Å². The number of ether oxygens (including phenoxy) is 1. The molecule has 0 spiro atoms. The van der Waals surface area contributed by atoms with Crippen LogP contribution in [0.4, 0.5) is 5.00 Å². The number of carbonyl (C=O) groups is 2. The highest BCUT2D eigenvalue weighted by molar-refractivity contribution is 7.17. The molecule has 0 atom stereocenters. The molecule has 0 saturated heterocycles. The molecule has 0 bridgehead atoms. The number of methoxy groups -OCH3 is 1. The largest absolute Gasteiger partial charge is 0.497 e. The highest BCUT2D eigenvalue weighted by Gasteiger charge is 2.23. The molecule has 0 saturated carbocycles. The zero-order valence-electron chi connectivity index (χ0n) is 15.4. The molecule has 1 aromatic carbocycles. The van der Waals surface area contributed by atoms with Crippen LogP contribution >= 0.6 is 11.3 Å². The predicted molar refractivity (Wildman–Crippen MR) is 109 cm³/mol. The summed E-state index contributed by atoms with van der Waals surface area (Å²) in [6.07, 6.45) is 9.51. The molecular weight excluding hydrogens is 360 g/mol. The Morgan fingerprint density at radius 3 is 2.48 bits per heavy atom. The Bertz CT molecular complexity index is 853. The minimum absolute atomic E-state index is 0.275. The van der Waals surface area contributed by atoms with Crippen molar-refractivity contribution in [1.29, 1.82) is 0 Å². The topological polar surface area (TPSA) is 81.4 Å². The normalized spacial score (nSPS) is 14.3. The summed E-state index contributed by atoms with van der Waals surface area (Å²) < 4.78 is 5.12. The maximum Gasteiger partial charge on any atom is 0.251 e. The smallest absolute Gasteiger partial charge is 0.251 e. The van der Waals surface area contributed by atoms with Gasteiger partial charge in [0.05, 0.1) is 12.7 Å². The van der Waals surface area contributed by atoms with Crippen molar-refractivity contribution in [3.8, 4) is 5.75 Å². The fourth-order valence-electron chi connectivity index (χ4n) is 3.31. The minimum Gasteiger partial charge on any atom is -0.497 e. The van der Waals surface area contributed by atoms with E-state index in [9.17, 15) is 9.59 Å². The van der Waals surface area contributed by atoms with Gasteiger partial charge in [0.2, 0.25) is 5.91 Å². The second kappa shape index (κ2) is 8.86. The number of amides is 2. The van der Waals surface area contributed by atoms with Crippen LogP contribution in [0, 0.1) is 0 Å².